The van der Waals surface area contributed by atoms with Crippen LogP contribution in [0.5, 0.6) is 0 Å². The molecule has 0 aliphatic carbocycles. The fraction of sp³-hybridized carbons (Fsp3) is 0.222. The van der Waals surface area contributed by atoms with Gasteiger partial charge in [-0.1, -0.05) is 23.2 Å². The Bertz CT molecular complexity index is 846. The Morgan fingerprint density at radius 3 is 2.15 bits per heavy atom. The molecule has 0 saturated carbocycles. The number of carbonyl (C=O) groups excluding carboxylic acids is 2. The van der Waals surface area contributed by atoms with Crippen molar-refractivity contribution in [1.82, 2.24) is 10.4 Å². The molecule has 2 amide bonds. The normalized spacial score (nSPS) is 11.0. The zero-order chi connectivity index (χ0) is 19.5. The van der Waals surface area contributed by atoms with Crippen LogP contribution in [0.4, 0.5) is 5.69 Å². The van der Waals surface area contributed by atoms with Gasteiger partial charge in [0.25, 0.3) is 11.8 Å². The van der Waals surface area contributed by atoms with Gasteiger partial charge < -0.3 is 0 Å². The van der Waals surface area contributed by atoms with Crippen molar-refractivity contribution in [3.63, 3.8) is 0 Å². The second-order valence-corrected chi connectivity index (χ2v) is 7.36. The summed E-state index contributed by atoms with van der Waals surface area (Å²) < 4.78 is 0. The van der Waals surface area contributed by atoms with Crippen molar-refractivity contribution in [2.75, 3.05) is 0 Å². The number of nitrogens with zero attached hydrogens (tertiary/aromatic N) is 2. The van der Waals surface area contributed by atoms with Gasteiger partial charge in [0.05, 0.1) is 16.1 Å². The van der Waals surface area contributed by atoms with Crippen LogP contribution >= 0.6 is 23.2 Å². The molecule has 2 rings (SSSR count). The maximum absolute atomic E-state index is 12.9. The molecule has 0 bridgehead atoms. The SMILES string of the molecule is CC(C)(C)N(NC(=O)c1ccc(N=O)cc1)C(=O)c1ccc(Cl)cc1Cl. The molecule has 0 radical (unpaired) electrons. The molecule has 0 aromatic heterocycles. The van der Waals surface area contributed by atoms with Crippen LogP contribution in [0.25, 0.3) is 0 Å². The molecule has 8 heteroatoms. The molecule has 2 aromatic carbocycles. The van der Waals surface area contributed by atoms with Crippen LogP contribution < -0.4 is 5.43 Å². The lowest BCUT2D eigenvalue weighted by atomic mass is 10.1. The average molecular weight is 394 g/mol. The first-order chi connectivity index (χ1) is 12.1. The van der Waals surface area contributed by atoms with Gasteiger partial charge in [0, 0.05) is 10.6 Å². The second kappa shape index (κ2) is 7.85. The van der Waals surface area contributed by atoms with Gasteiger partial charge in [-0.25, -0.2) is 5.01 Å². The van der Waals surface area contributed by atoms with Gasteiger partial charge in [-0.15, -0.1) is 4.91 Å². The van der Waals surface area contributed by atoms with E-state index < -0.39 is 17.4 Å². The minimum atomic E-state index is -0.722. The number of nitrogens with one attached hydrogen (secondary N) is 1. The lowest BCUT2D eigenvalue weighted by molar-refractivity contribution is 0.0359. The zero-order valence-corrected chi connectivity index (χ0v) is 15.9. The first kappa shape index (κ1) is 19.9. The first-order valence-electron chi connectivity index (χ1n) is 7.67. The summed E-state index contributed by atoms with van der Waals surface area (Å²) >= 11 is 12.0. The Morgan fingerprint density at radius 2 is 1.65 bits per heavy atom. The number of benzene rings is 2. The number of amides is 2. The summed E-state index contributed by atoms with van der Waals surface area (Å²) in [4.78, 5) is 35.9. The highest BCUT2D eigenvalue weighted by Crippen LogP contribution is 2.24. The maximum atomic E-state index is 12.9. The Balaban J connectivity index is 2.30. The molecule has 2 aromatic rings. The van der Waals surface area contributed by atoms with Gasteiger partial charge in [0.15, 0.2) is 0 Å². The molecule has 0 saturated heterocycles. The van der Waals surface area contributed by atoms with E-state index in [9.17, 15) is 14.5 Å². The van der Waals surface area contributed by atoms with E-state index in [1.54, 1.807) is 26.8 Å². The van der Waals surface area contributed by atoms with Gasteiger partial charge in [0.1, 0.15) is 5.69 Å². The van der Waals surface area contributed by atoms with Crippen molar-refractivity contribution < 1.29 is 9.59 Å². The number of hydrogen-bond acceptors (Lipinski definition) is 4. The van der Waals surface area contributed by atoms with Crippen molar-refractivity contribution in [2.45, 2.75) is 26.3 Å². The first-order valence-corrected chi connectivity index (χ1v) is 8.43. The van der Waals surface area contributed by atoms with Gasteiger partial charge in [-0.2, -0.15) is 0 Å². The molecular formula is C18H17Cl2N3O3. The van der Waals surface area contributed by atoms with Gasteiger partial charge in [-0.05, 0) is 68.4 Å². The van der Waals surface area contributed by atoms with E-state index in [-0.39, 0.29) is 21.8 Å². The van der Waals surface area contributed by atoms with Crippen molar-refractivity contribution in [2.24, 2.45) is 5.18 Å². The van der Waals surface area contributed by atoms with Crippen LogP contribution in [0.15, 0.2) is 47.6 Å². The number of rotatable bonds is 3. The Morgan fingerprint density at radius 1 is 1.04 bits per heavy atom. The van der Waals surface area contributed by atoms with Crippen LogP contribution in [0.1, 0.15) is 41.5 Å². The predicted molar refractivity (Wildman–Crippen MR) is 102 cm³/mol. The highest BCUT2D eigenvalue weighted by molar-refractivity contribution is 6.36. The lowest BCUT2D eigenvalue weighted by Gasteiger charge is -2.35. The van der Waals surface area contributed by atoms with Gasteiger partial charge in [-0.3, -0.25) is 15.0 Å². The number of hydrazine groups is 1. The van der Waals surface area contributed by atoms with Crippen LogP contribution in [-0.2, 0) is 0 Å². The predicted octanol–water partition coefficient (Wildman–Crippen LogP) is 4.98. The van der Waals surface area contributed by atoms with Crippen molar-refractivity contribution in [3.8, 4) is 0 Å². The highest BCUT2D eigenvalue weighted by atomic mass is 35.5. The molecule has 0 aliphatic heterocycles. The second-order valence-electron chi connectivity index (χ2n) is 6.51. The van der Waals surface area contributed by atoms with Gasteiger partial charge >= 0.3 is 0 Å². The van der Waals surface area contributed by atoms with Gasteiger partial charge in [0.2, 0.25) is 0 Å². The summed E-state index contributed by atoms with van der Waals surface area (Å²) in [6.45, 7) is 5.32. The van der Waals surface area contributed by atoms with Crippen LogP contribution in [0.2, 0.25) is 10.0 Å². The summed E-state index contributed by atoms with van der Waals surface area (Å²) in [7, 11) is 0. The molecule has 0 unspecified atom stereocenters. The maximum Gasteiger partial charge on any atom is 0.274 e. The number of hydrogen-bond donors (Lipinski definition) is 1. The average Bonchev–Trinajstić information content (AvgIpc) is 2.58. The highest BCUT2D eigenvalue weighted by Gasteiger charge is 2.30. The third-order valence-electron chi connectivity index (χ3n) is 3.48. The van der Waals surface area contributed by atoms with Crippen molar-refractivity contribution in [1.29, 1.82) is 0 Å². The van der Waals surface area contributed by atoms with E-state index in [0.29, 0.717) is 5.02 Å². The van der Waals surface area contributed by atoms with Crippen LogP contribution in [0.3, 0.4) is 0 Å². The van der Waals surface area contributed by atoms with Crippen molar-refractivity contribution in [3.05, 3.63) is 68.5 Å². The monoisotopic (exact) mass is 393 g/mol. The molecule has 0 atom stereocenters. The van der Waals surface area contributed by atoms with Crippen LogP contribution in [0, 0.1) is 4.91 Å². The van der Waals surface area contributed by atoms with Crippen molar-refractivity contribution >= 4 is 40.7 Å². The number of carbonyl (C=O) groups is 2. The molecular weight excluding hydrogens is 377 g/mol. The fourth-order valence-electron chi connectivity index (χ4n) is 2.15. The Labute approximate surface area is 161 Å². The number of nitroso groups, excluding NO2 is 1. The quantitative estimate of drug-likeness (QED) is 0.589. The van der Waals surface area contributed by atoms with Crippen LogP contribution in [-0.4, -0.2) is 22.4 Å². The summed E-state index contributed by atoms with van der Waals surface area (Å²) in [6, 6.07) is 10.3. The van der Waals surface area contributed by atoms with E-state index in [0.717, 1.165) is 0 Å². The molecule has 0 heterocycles. The molecule has 26 heavy (non-hydrogen) atoms. The smallest absolute Gasteiger partial charge is 0.267 e. The number of halogens is 2. The third-order valence-corrected chi connectivity index (χ3v) is 4.03. The molecule has 0 aliphatic rings. The molecule has 136 valence electrons. The van der Waals surface area contributed by atoms with E-state index in [1.165, 1.54) is 41.4 Å². The fourth-order valence-corrected chi connectivity index (χ4v) is 2.64. The zero-order valence-electron chi connectivity index (χ0n) is 14.4. The lowest BCUT2D eigenvalue weighted by Crippen LogP contribution is -2.55. The molecule has 0 fully saturated rings. The largest absolute Gasteiger partial charge is 0.274 e. The summed E-state index contributed by atoms with van der Waals surface area (Å²) in [6.07, 6.45) is 0. The van der Waals surface area contributed by atoms with E-state index in [2.05, 4.69) is 10.6 Å². The minimum absolute atomic E-state index is 0.187. The summed E-state index contributed by atoms with van der Waals surface area (Å²) in [5.74, 6) is -0.977. The topological polar surface area (TPSA) is 78.8 Å². The molecule has 0 spiro atoms. The molecule has 1 N–H and O–H groups in total. The Hall–Kier alpha value is -2.44. The van der Waals surface area contributed by atoms with E-state index >= 15 is 0 Å². The summed E-state index contributed by atoms with van der Waals surface area (Å²) in [5, 5.41) is 4.58. The van der Waals surface area contributed by atoms with E-state index in [1.807, 2.05) is 0 Å². The third kappa shape index (κ3) is 4.59. The Kier molecular flexibility index (Phi) is 6.00. The van der Waals surface area contributed by atoms with E-state index in [4.69, 9.17) is 23.2 Å². The standard InChI is InChI=1S/C18H17Cl2N3O3/c1-18(2,3)23(17(25)14-9-6-12(19)10-15(14)20)21-16(24)11-4-7-13(22-26)8-5-11/h4-10H,1-3H3,(H,21,24). The summed E-state index contributed by atoms with van der Waals surface area (Å²) in [5.41, 5.74) is 2.57. The molecule has 6 nitrogen and oxygen atoms in total. The minimum Gasteiger partial charge on any atom is -0.267 e.